The van der Waals surface area contributed by atoms with Gasteiger partial charge in [0.1, 0.15) is 5.76 Å². The van der Waals surface area contributed by atoms with Crippen molar-refractivity contribution in [2.45, 2.75) is 75.5 Å². The van der Waals surface area contributed by atoms with Gasteiger partial charge in [0.25, 0.3) is 0 Å². The molecule has 2 aromatic rings. The lowest BCUT2D eigenvalue weighted by atomic mass is 9.50. The second kappa shape index (κ2) is 8.60. The Bertz CT molecular complexity index is 1270. The molecule has 2 aliphatic carbocycles. The zero-order valence-corrected chi connectivity index (χ0v) is 22.4. The highest BCUT2D eigenvalue weighted by Crippen LogP contribution is 2.65. The highest BCUT2D eigenvalue weighted by molar-refractivity contribution is 5.79. The third-order valence-corrected chi connectivity index (χ3v) is 9.25. The van der Waals surface area contributed by atoms with Crippen molar-refractivity contribution in [3.63, 3.8) is 0 Å². The summed E-state index contributed by atoms with van der Waals surface area (Å²) in [5.41, 5.74) is 2.74. The molecular weight excluding hydrogens is 466 g/mol. The van der Waals surface area contributed by atoms with Crippen molar-refractivity contribution in [1.29, 1.82) is 0 Å². The number of benzene rings is 2. The fraction of sp³-hybridized carbons (Fsp3) is 0.516. The van der Waals surface area contributed by atoms with Crippen LogP contribution >= 0.6 is 0 Å². The average Bonchev–Trinajstić information content (AvgIpc) is 3.23. The first-order valence-corrected chi connectivity index (χ1v) is 13.5. The van der Waals surface area contributed by atoms with Gasteiger partial charge in [0, 0.05) is 18.0 Å². The number of methoxy groups -OCH3 is 1. The van der Waals surface area contributed by atoms with Crippen LogP contribution in [0.15, 0.2) is 48.2 Å². The summed E-state index contributed by atoms with van der Waals surface area (Å²) in [4.78, 5) is 15.7. The number of piperidine rings is 1. The van der Waals surface area contributed by atoms with Gasteiger partial charge in [0.15, 0.2) is 17.6 Å². The Kier molecular flexibility index (Phi) is 5.70. The summed E-state index contributed by atoms with van der Waals surface area (Å²) in [5, 5.41) is 12.3. The van der Waals surface area contributed by atoms with Crippen molar-refractivity contribution in [1.82, 2.24) is 4.90 Å². The van der Waals surface area contributed by atoms with E-state index in [9.17, 15) is 9.90 Å². The normalized spacial score (nSPS) is 30.3. The molecule has 196 valence electrons. The molecule has 0 amide bonds. The molecule has 1 spiro atoms. The highest BCUT2D eigenvalue weighted by atomic mass is 16.6. The topological polar surface area (TPSA) is 68.2 Å². The summed E-state index contributed by atoms with van der Waals surface area (Å²) in [6.45, 7) is 7.12. The summed E-state index contributed by atoms with van der Waals surface area (Å²) < 4.78 is 18.4. The van der Waals surface area contributed by atoms with Gasteiger partial charge in [-0.15, -0.1) is 0 Å². The Balaban J connectivity index is 1.33. The molecule has 1 fully saturated rings. The minimum atomic E-state index is -1.01. The van der Waals surface area contributed by atoms with Gasteiger partial charge in [-0.05, 0) is 74.5 Å². The van der Waals surface area contributed by atoms with Crippen LogP contribution in [-0.2, 0) is 27.8 Å². The summed E-state index contributed by atoms with van der Waals surface area (Å²) in [6, 6.07) is 12.3. The van der Waals surface area contributed by atoms with Gasteiger partial charge in [-0.25, -0.2) is 0 Å². The van der Waals surface area contributed by atoms with Crippen LogP contribution < -0.4 is 9.47 Å². The first kappa shape index (κ1) is 24.5. The molecule has 6 rings (SSSR count). The van der Waals surface area contributed by atoms with Gasteiger partial charge >= 0.3 is 5.97 Å². The Morgan fingerprint density at radius 1 is 1.19 bits per heavy atom. The van der Waals surface area contributed by atoms with Gasteiger partial charge in [0.2, 0.25) is 0 Å². The van der Waals surface area contributed by atoms with Crippen LogP contribution in [0.2, 0.25) is 0 Å². The lowest BCUT2D eigenvalue weighted by Gasteiger charge is -2.61. The van der Waals surface area contributed by atoms with Crippen molar-refractivity contribution < 1.29 is 24.1 Å². The summed E-state index contributed by atoms with van der Waals surface area (Å²) in [5.74, 6) is 1.70. The molecule has 1 N–H and O–H groups in total. The third kappa shape index (κ3) is 3.41. The summed E-state index contributed by atoms with van der Waals surface area (Å²) in [6.07, 6.45) is 4.21. The standard InChI is InChI=1S/C31H37NO5/c1-18(2)16-20-6-8-21(9-7-20)19(3)29(33)36-24-12-13-31(34)25-17-22-10-11-23(35-5)27-26(22)30(31,28(24)37-27)14-15-32(25)4/h6-12,18-19,25,28,34H,13-17H2,1-5H3. The molecule has 2 heterocycles. The number of ether oxygens (including phenoxy) is 3. The van der Waals surface area contributed by atoms with Gasteiger partial charge in [0.05, 0.1) is 24.0 Å². The lowest BCUT2D eigenvalue weighted by molar-refractivity contribution is -0.169. The maximum absolute atomic E-state index is 13.4. The molecular formula is C31H37NO5. The van der Waals surface area contributed by atoms with E-state index >= 15 is 0 Å². The van der Waals surface area contributed by atoms with E-state index in [0.717, 1.165) is 36.9 Å². The molecule has 5 atom stereocenters. The van der Waals surface area contributed by atoms with Crippen LogP contribution in [0.1, 0.15) is 61.8 Å². The van der Waals surface area contributed by atoms with E-state index in [1.807, 2.05) is 31.2 Å². The quantitative estimate of drug-likeness (QED) is 0.585. The minimum Gasteiger partial charge on any atom is -0.493 e. The SMILES string of the molecule is COc1ccc2c3c1OC1C(OC(=O)C(C)c4ccc(CC(C)C)cc4)=CCC4(O)C(C2)N(C)CCC314. The van der Waals surface area contributed by atoms with E-state index in [2.05, 4.69) is 44.0 Å². The number of nitrogens with zero attached hydrogens (tertiary/aromatic N) is 1. The fourth-order valence-electron chi connectivity index (χ4n) is 7.34. The first-order chi connectivity index (χ1) is 17.7. The fourth-order valence-corrected chi connectivity index (χ4v) is 7.34. The van der Waals surface area contributed by atoms with Gasteiger partial charge < -0.3 is 24.2 Å². The van der Waals surface area contributed by atoms with E-state index in [1.54, 1.807) is 7.11 Å². The van der Waals surface area contributed by atoms with E-state index in [1.165, 1.54) is 11.1 Å². The van der Waals surface area contributed by atoms with Crippen molar-refractivity contribution in [3.05, 3.63) is 70.5 Å². The minimum absolute atomic E-state index is 0.0315. The molecule has 0 aromatic heterocycles. The Labute approximate surface area is 219 Å². The maximum atomic E-state index is 13.4. The predicted octanol–water partition coefficient (Wildman–Crippen LogP) is 4.52. The largest absolute Gasteiger partial charge is 0.493 e. The molecule has 1 saturated heterocycles. The molecule has 2 bridgehead atoms. The molecule has 5 unspecified atom stereocenters. The van der Waals surface area contributed by atoms with Crippen LogP contribution in [0.5, 0.6) is 11.5 Å². The average molecular weight is 504 g/mol. The number of aliphatic hydroxyl groups is 1. The summed E-state index contributed by atoms with van der Waals surface area (Å²) in [7, 11) is 3.72. The zero-order chi connectivity index (χ0) is 26.1. The van der Waals surface area contributed by atoms with Crippen LogP contribution in [0.4, 0.5) is 0 Å². The number of hydrogen-bond donors (Lipinski definition) is 1. The Hall–Kier alpha value is -2.83. The third-order valence-electron chi connectivity index (χ3n) is 9.25. The van der Waals surface area contributed by atoms with Crippen molar-refractivity contribution in [2.75, 3.05) is 20.7 Å². The van der Waals surface area contributed by atoms with E-state index in [0.29, 0.717) is 29.6 Å². The number of hydrogen-bond acceptors (Lipinski definition) is 6. The smallest absolute Gasteiger partial charge is 0.318 e. The second-order valence-electron chi connectivity index (χ2n) is 11.8. The van der Waals surface area contributed by atoms with E-state index in [-0.39, 0.29) is 12.0 Å². The number of carbonyl (C=O) groups is 1. The molecule has 4 aliphatic rings. The molecule has 0 radical (unpaired) electrons. The molecule has 6 nitrogen and oxygen atoms in total. The van der Waals surface area contributed by atoms with Crippen LogP contribution in [-0.4, -0.2) is 54.4 Å². The lowest BCUT2D eigenvalue weighted by Crippen LogP contribution is -2.74. The molecule has 0 saturated carbocycles. The first-order valence-electron chi connectivity index (χ1n) is 13.5. The Morgan fingerprint density at radius 3 is 2.65 bits per heavy atom. The van der Waals surface area contributed by atoms with Gasteiger partial charge in [-0.1, -0.05) is 44.2 Å². The van der Waals surface area contributed by atoms with Crippen LogP contribution in [0.25, 0.3) is 0 Å². The van der Waals surface area contributed by atoms with Crippen LogP contribution in [0, 0.1) is 5.92 Å². The number of carbonyl (C=O) groups excluding carboxylic acids is 1. The molecule has 2 aromatic carbocycles. The van der Waals surface area contributed by atoms with Gasteiger partial charge in [-0.2, -0.15) is 0 Å². The molecule has 2 aliphatic heterocycles. The molecule has 37 heavy (non-hydrogen) atoms. The van der Waals surface area contributed by atoms with Crippen LogP contribution in [0.3, 0.4) is 0 Å². The van der Waals surface area contributed by atoms with Crippen molar-refractivity contribution >= 4 is 5.97 Å². The van der Waals surface area contributed by atoms with Gasteiger partial charge in [-0.3, -0.25) is 4.79 Å². The number of rotatable bonds is 6. The predicted molar refractivity (Wildman–Crippen MR) is 141 cm³/mol. The molecule has 6 heteroatoms. The monoisotopic (exact) mass is 503 g/mol. The van der Waals surface area contributed by atoms with E-state index in [4.69, 9.17) is 14.2 Å². The maximum Gasteiger partial charge on any atom is 0.318 e. The highest BCUT2D eigenvalue weighted by Gasteiger charge is 2.72. The second-order valence-corrected chi connectivity index (χ2v) is 11.8. The van der Waals surface area contributed by atoms with E-state index < -0.39 is 23.0 Å². The number of likely N-dealkylation sites (N-methyl/N-ethyl adjacent to an activating group) is 1. The van der Waals surface area contributed by atoms with Crippen molar-refractivity contribution in [2.24, 2.45) is 5.92 Å². The van der Waals surface area contributed by atoms with Crippen molar-refractivity contribution in [3.8, 4) is 11.5 Å². The number of esters is 1. The Morgan fingerprint density at radius 2 is 1.95 bits per heavy atom. The number of likely N-dealkylation sites (tertiary alicyclic amines) is 1. The summed E-state index contributed by atoms with van der Waals surface area (Å²) >= 11 is 0. The zero-order valence-electron chi connectivity index (χ0n) is 22.4.